The van der Waals surface area contributed by atoms with Gasteiger partial charge in [0.15, 0.2) is 0 Å². The zero-order valence-electron chi connectivity index (χ0n) is 11.6. The molecule has 1 fully saturated rings. The molecule has 1 saturated heterocycles. The molecule has 0 atom stereocenters. The SMILES string of the molecule is CC1(C)CB(c2ccc(N)c(C=N)c2)OC1(C)C. The molecular formula is C14H21BN2O. The van der Waals surface area contributed by atoms with E-state index in [-0.39, 0.29) is 17.9 Å². The molecule has 0 bridgehead atoms. The summed E-state index contributed by atoms with van der Waals surface area (Å²) in [6.45, 7) is 8.85. The van der Waals surface area contributed by atoms with Gasteiger partial charge in [0, 0.05) is 17.5 Å². The average molecular weight is 244 g/mol. The van der Waals surface area contributed by atoms with Crippen molar-refractivity contribution in [2.75, 3.05) is 5.73 Å². The van der Waals surface area contributed by atoms with Crippen LogP contribution in [0.15, 0.2) is 18.2 Å². The van der Waals surface area contributed by atoms with Crippen molar-refractivity contribution in [1.29, 1.82) is 5.41 Å². The average Bonchev–Trinajstić information content (AvgIpc) is 2.49. The predicted octanol–water partition coefficient (Wildman–Crippen LogP) is 2.30. The summed E-state index contributed by atoms with van der Waals surface area (Å²) < 4.78 is 6.17. The Labute approximate surface area is 109 Å². The molecule has 0 spiro atoms. The Morgan fingerprint density at radius 1 is 1.33 bits per heavy atom. The Morgan fingerprint density at radius 3 is 2.50 bits per heavy atom. The highest BCUT2D eigenvalue weighted by Gasteiger charge is 2.49. The molecule has 1 aliphatic heterocycles. The summed E-state index contributed by atoms with van der Waals surface area (Å²) in [5, 5.41) is 7.36. The maximum Gasteiger partial charge on any atom is 0.327 e. The van der Waals surface area contributed by atoms with Crippen LogP contribution in [-0.4, -0.2) is 18.7 Å². The first-order chi connectivity index (χ1) is 8.27. The second-order valence-corrected chi connectivity index (χ2v) is 6.24. The molecule has 18 heavy (non-hydrogen) atoms. The van der Waals surface area contributed by atoms with Crippen molar-refractivity contribution in [3.63, 3.8) is 0 Å². The highest BCUT2D eigenvalue weighted by molar-refractivity contribution is 6.68. The van der Waals surface area contributed by atoms with Gasteiger partial charge in [-0.2, -0.15) is 0 Å². The number of hydrogen-bond acceptors (Lipinski definition) is 3. The van der Waals surface area contributed by atoms with Gasteiger partial charge in [0.25, 0.3) is 0 Å². The molecule has 0 amide bonds. The second kappa shape index (κ2) is 4.13. The van der Waals surface area contributed by atoms with Crippen molar-refractivity contribution in [2.24, 2.45) is 5.41 Å². The van der Waals surface area contributed by atoms with E-state index in [4.69, 9.17) is 15.8 Å². The Bertz CT molecular complexity index is 467. The van der Waals surface area contributed by atoms with Crippen LogP contribution in [0.4, 0.5) is 5.69 Å². The Hall–Kier alpha value is -1.29. The molecule has 0 aliphatic carbocycles. The number of nitrogen functional groups attached to an aromatic ring is 1. The zero-order chi connectivity index (χ0) is 13.6. The molecule has 2 rings (SSSR count). The fraction of sp³-hybridized carbons (Fsp3) is 0.500. The number of anilines is 1. The molecule has 4 heteroatoms. The van der Waals surface area contributed by atoms with Gasteiger partial charge in [-0.1, -0.05) is 26.0 Å². The molecule has 1 aliphatic rings. The summed E-state index contributed by atoms with van der Waals surface area (Å²) >= 11 is 0. The van der Waals surface area contributed by atoms with Crippen LogP contribution < -0.4 is 11.2 Å². The lowest BCUT2D eigenvalue weighted by molar-refractivity contribution is 0.0375. The van der Waals surface area contributed by atoms with E-state index in [1.165, 1.54) is 6.21 Å². The van der Waals surface area contributed by atoms with Gasteiger partial charge < -0.3 is 15.8 Å². The van der Waals surface area contributed by atoms with E-state index in [9.17, 15) is 0 Å². The largest absolute Gasteiger partial charge is 0.426 e. The van der Waals surface area contributed by atoms with Gasteiger partial charge in [0.05, 0.1) is 5.60 Å². The summed E-state index contributed by atoms with van der Waals surface area (Å²) in [5.74, 6) is 0. The van der Waals surface area contributed by atoms with Crippen LogP contribution in [0.2, 0.25) is 6.32 Å². The standard InChI is InChI=1S/C14H21BN2O/c1-13(2)9-15(18-14(13,3)4)11-5-6-12(17)10(7-11)8-16/h5-8,16H,9,17H2,1-4H3. The normalized spacial score (nSPS) is 21.0. The highest BCUT2D eigenvalue weighted by atomic mass is 16.5. The molecule has 3 N–H and O–H groups in total. The summed E-state index contributed by atoms with van der Waals surface area (Å²) in [4.78, 5) is 0. The van der Waals surface area contributed by atoms with E-state index < -0.39 is 0 Å². The van der Waals surface area contributed by atoms with E-state index in [1.807, 2.05) is 18.2 Å². The molecule has 1 aromatic rings. The van der Waals surface area contributed by atoms with Crippen LogP contribution in [0.25, 0.3) is 0 Å². The number of rotatable bonds is 2. The van der Waals surface area contributed by atoms with Crippen molar-refractivity contribution >= 4 is 24.3 Å². The lowest BCUT2D eigenvalue weighted by Crippen LogP contribution is -2.36. The fourth-order valence-corrected chi connectivity index (χ4v) is 2.37. The maximum atomic E-state index is 7.36. The smallest absolute Gasteiger partial charge is 0.327 e. The molecular weight excluding hydrogens is 223 g/mol. The molecule has 3 nitrogen and oxygen atoms in total. The van der Waals surface area contributed by atoms with Crippen molar-refractivity contribution in [2.45, 2.75) is 39.6 Å². The van der Waals surface area contributed by atoms with Gasteiger partial charge in [0.2, 0.25) is 0 Å². The first kappa shape index (κ1) is 13.2. The molecule has 1 aromatic carbocycles. The van der Waals surface area contributed by atoms with Crippen LogP contribution in [0.1, 0.15) is 33.3 Å². The Balaban J connectivity index is 2.32. The highest BCUT2D eigenvalue weighted by Crippen LogP contribution is 2.45. The van der Waals surface area contributed by atoms with Gasteiger partial charge in [-0.15, -0.1) is 0 Å². The van der Waals surface area contributed by atoms with Crippen molar-refractivity contribution < 1.29 is 4.65 Å². The summed E-state index contributed by atoms with van der Waals surface area (Å²) in [6, 6.07) is 5.83. The van der Waals surface area contributed by atoms with Crippen molar-refractivity contribution in [3.05, 3.63) is 23.8 Å². The van der Waals surface area contributed by atoms with E-state index in [1.54, 1.807) is 0 Å². The molecule has 0 unspecified atom stereocenters. The maximum absolute atomic E-state index is 7.36. The monoisotopic (exact) mass is 244 g/mol. The van der Waals surface area contributed by atoms with Crippen molar-refractivity contribution in [1.82, 2.24) is 0 Å². The minimum absolute atomic E-state index is 0.0919. The Kier molecular flexibility index (Phi) is 3.02. The van der Waals surface area contributed by atoms with E-state index in [2.05, 4.69) is 27.7 Å². The number of nitrogens with one attached hydrogen (secondary N) is 1. The first-order valence-corrected chi connectivity index (χ1v) is 6.34. The van der Waals surface area contributed by atoms with Gasteiger partial charge in [-0.25, -0.2) is 0 Å². The van der Waals surface area contributed by atoms with Crippen LogP contribution in [-0.2, 0) is 4.65 Å². The van der Waals surface area contributed by atoms with Crippen LogP contribution in [0.5, 0.6) is 0 Å². The summed E-state index contributed by atoms with van der Waals surface area (Å²) in [7, 11) is 0. The van der Waals surface area contributed by atoms with Crippen LogP contribution in [0, 0.1) is 10.8 Å². The zero-order valence-corrected chi connectivity index (χ0v) is 11.6. The third-order valence-electron chi connectivity index (χ3n) is 4.40. The number of hydrogen-bond donors (Lipinski definition) is 2. The predicted molar refractivity (Wildman–Crippen MR) is 77.9 cm³/mol. The van der Waals surface area contributed by atoms with Crippen LogP contribution in [0.3, 0.4) is 0 Å². The topological polar surface area (TPSA) is 59.1 Å². The molecule has 0 saturated carbocycles. The molecule has 96 valence electrons. The molecule has 1 heterocycles. The van der Waals surface area contributed by atoms with Gasteiger partial charge >= 0.3 is 6.92 Å². The summed E-state index contributed by atoms with van der Waals surface area (Å²) in [6.07, 6.45) is 2.28. The molecule has 0 aromatic heterocycles. The summed E-state index contributed by atoms with van der Waals surface area (Å²) in [5.41, 5.74) is 8.34. The Morgan fingerprint density at radius 2 is 2.00 bits per heavy atom. The second-order valence-electron chi connectivity index (χ2n) is 6.24. The van der Waals surface area contributed by atoms with Crippen molar-refractivity contribution in [3.8, 4) is 0 Å². The first-order valence-electron chi connectivity index (χ1n) is 6.34. The lowest BCUT2D eigenvalue weighted by atomic mass is 9.54. The minimum Gasteiger partial charge on any atom is -0.426 e. The minimum atomic E-state index is -0.135. The fourth-order valence-electron chi connectivity index (χ4n) is 2.37. The number of nitrogens with two attached hydrogens (primary N) is 1. The van der Waals surface area contributed by atoms with Gasteiger partial charge in [-0.3, -0.25) is 0 Å². The van der Waals surface area contributed by atoms with Gasteiger partial charge in [0.1, 0.15) is 0 Å². The van der Waals surface area contributed by atoms with E-state index in [0.29, 0.717) is 5.69 Å². The third kappa shape index (κ3) is 2.05. The third-order valence-corrected chi connectivity index (χ3v) is 4.40. The van der Waals surface area contributed by atoms with E-state index >= 15 is 0 Å². The number of benzene rings is 1. The van der Waals surface area contributed by atoms with Crippen LogP contribution >= 0.6 is 0 Å². The quantitative estimate of drug-likeness (QED) is 0.476. The van der Waals surface area contributed by atoms with E-state index in [0.717, 1.165) is 17.3 Å². The molecule has 0 radical (unpaired) electrons. The van der Waals surface area contributed by atoms with Gasteiger partial charge in [-0.05, 0) is 37.1 Å². The lowest BCUT2D eigenvalue weighted by Gasteiger charge is -2.34.